The summed E-state index contributed by atoms with van der Waals surface area (Å²) in [5.41, 5.74) is 4.43. The molecule has 0 spiro atoms. The van der Waals surface area contributed by atoms with E-state index in [0.717, 1.165) is 41.5 Å². The van der Waals surface area contributed by atoms with Crippen molar-refractivity contribution in [3.8, 4) is 11.1 Å². The maximum atomic E-state index is 12.8. The third-order valence-corrected chi connectivity index (χ3v) is 6.55. The van der Waals surface area contributed by atoms with Crippen LogP contribution in [0.3, 0.4) is 0 Å². The number of carboxylic acid groups (broad SMARTS) is 1. The predicted molar refractivity (Wildman–Crippen MR) is 121 cm³/mol. The third kappa shape index (κ3) is 4.85. The van der Waals surface area contributed by atoms with Crippen molar-refractivity contribution in [2.24, 2.45) is 5.92 Å². The highest BCUT2D eigenvalue weighted by atomic mass is 16.5. The number of aliphatic hydroxyl groups excluding tert-OH is 1. The van der Waals surface area contributed by atoms with Crippen LogP contribution >= 0.6 is 0 Å². The Morgan fingerprint density at radius 2 is 1.58 bits per heavy atom. The van der Waals surface area contributed by atoms with Crippen LogP contribution in [0, 0.1) is 5.92 Å². The van der Waals surface area contributed by atoms with Crippen molar-refractivity contribution >= 4 is 18.0 Å². The van der Waals surface area contributed by atoms with Gasteiger partial charge in [-0.3, -0.25) is 4.79 Å². The Balaban J connectivity index is 1.41. The number of rotatable bonds is 9. The minimum absolute atomic E-state index is 0.0750. The molecule has 4 N–H and O–H groups in total. The van der Waals surface area contributed by atoms with Crippen LogP contribution < -0.4 is 10.6 Å². The van der Waals surface area contributed by atoms with E-state index in [2.05, 4.69) is 22.8 Å². The molecule has 4 rings (SSSR count). The van der Waals surface area contributed by atoms with Gasteiger partial charge in [-0.05, 0) is 41.0 Å². The van der Waals surface area contributed by atoms with Crippen LogP contribution in [0.2, 0.25) is 0 Å². The minimum Gasteiger partial charge on any atom is -0.480 e. The first-order chi connectivity index (χ1) is 16.0. The van der Waals surface area contributed by atoms with Crippen LogP contribution in [0.25, 0.3) is 11.1 Å². The van der Waals surface area contributed by atoms with Crippen molar-refractivity contribution in [2.45, 2.75) is 43.7 Å². The summed E-state index contributed by atoms with van der Waals surface area (Å²) in [5.74, 6) is -1.98. The summed E-state index contributed by atoms with van der Waals surface area (Å²) in [6, 6.07) is 13.9. The first-order valence-corrected chi connectivity index (χ1v) is 11.2. The van der Waals surface area contributed by atoms with Gasteiger partial charge in [0.25, 0.3) is 0 Å². The lowest BCUT2D eigenvalue weighted by Gasteiger charge is -2.33. The second kappa shape index (κ2) is 10.0. The second-order valence-electron chi connectivity index (χ2n) is 8.55. The molecule has 8 heteroatoms. The monoisotopic (exact) mass is 452 g/mol. The number of aliphatic hydroxyl groups is 1. The average molecular weight is 453 g/mol. The van der Waals surface area contributed by atoms with E-state index < -0.39 is 30.1 Å². The molecule has 33 heavy (non-hydrogen) atoms. The van der Waals surface area contributed by atoms with E-state index in [1.54, 1.807) is 0 Å². The van der Waals surface area contributed by atoms with E-state index in [4.69, 9.17) is 9.84 Å². The average Bonchev–Trinajstić information content (AvgIpc) is 3.09. The summed E-state index contributed by atoms with van der Waals surface area (Å²) in [6.07, 6.45) is 1.65. The van der Waals surface area contributed by atoms with E-state index in [1.165, 1.54) is 0 Å². The second-order valence-corrected chi connectivity index (χ2v) is 8.55. The fourth-order valence-electron chi connectivity index (χ4n) is 4.59. The summed E-state index contributed by atoms with van der Waals surface area (Å²) < 4.78 is 5.55. The van der Waals surface area contributed by atoms with Gasteiger partial charge in [0.15, 0.2) is 0 Å². The Bertz CT molecular complexity index is 990. The highest BCUT2D eigenvalue weighted by Gasteiger charge is 2.36. The number of fused-ring (bicyclic) bond motifs is 3. The van der Waals surface area contributed by atoms with Crippen LogP contribution in [-0.2, 0) is 14.3 Å². The predicted octanol–water partition coefficient (Wildman–Crippen LogP) is 2.65. The molecule has 2 amide bonds. The van der Waals surface area contributed by atoms with E-state index in [0.29, 0.717) is 0 Å². The molecule has 2 atom stereocenters. The highest BCUT2D eigenvalue weighted by Crippen LogP contribution is 2.44. The highest BCUT2D eigenvalue weighted by molar-refractivity contribution is 5.89. The van der Waals surface area contributed by atoms with E-state index in [1.807, 2.05) is 36.4 Å². The molecular weight excluding hydrogens is 424 g/mol. The number of nitrogens with one attached hydrogen (secondary N) is 2. The lowest BCUT2D eigenvalue weighted by molar-refractivity contribution is -0.142. The van der Waals surface area contributed by atoms with Gasteiger partial charge in [-0.1, -0.05) is 55.0 Å². The SMILES string of the molecule is O=C(NC(C(=O)NC(CCO)C(=O)O)C1CCC1)OCC1c2ccccc2-c2ccccc21. The Hall–Kier alpha value is -3.39. The molecule has 2 aromatic carbocycles. The molecule has 2 aliphatic carbocycles. The quantitative estimate of drug-likeness (QED) is 0.464. The molecule has 2 aliphatic rings. The lowest BCUT2D eigenvalue weighted by atomic mass is 9.79. The van der Waals surface area contributed by atoms with Crippen molar-refractivity contribution in [1.82, 2.24) is 10.6 Å². The van der Waals surface area contributed by atoms with Gasteiger partial charge in [-0.25, -0.2) is 9.59 Å². The molecule has 2 aromatic rings. The van der Waals surface area contributed by atoms with Crippen LogP contribution in [-0.4, -0.2) is 53.5 Å². The molecule has 0 bridgehead atoms. The fraction of sp³-hybridized carbons (Fsp3) is 0.400. The maximum absolute atomic E-state index is 12.8. The molecule has 1 saturated carbocycles. The van der Waals surface area contributed by atoms with Gasteiger partial charge in [0.2, 0.25) is 5.91 Å². The first-order valence-electron chi connectivity index (χ1n) is 11.2. The Kier molecular flexibility index (Phi) is 6.93. The minimum atomic E-state index is -1.23. The van der Waals surface area contributed by atoms with Crippen molar-refractivity contribution < 1.29 is 29.3 Å². The van der Waals surface area contributed by atoms with Crippen LogP contribution in [0.1, 0.15) is 42.7 Å². The van der Waals surface area contributed by atoms with Crippen molar-refractivity contribution in [3.63, 3.8) is 0 Å². The maximum Gasteiger partial charge on any atom is 0.407 e. The number of benzene rings is 2. The number of carbonyl (C=O) groups is 3. The summed E-state index contributed by atoms with van der Waals surface area (Å²) in [7, 11) is 0. The zero-order valence-electron chi connectivity index (χ0n) is 18.2. The van der Waals surface area contributed by atoms with Gasteiger partial charge in [-0.15, -0.1) is 0 Å². The number of amides is 2. The molecule has 0 aliphatic heterocycles. The Morgan fingerprint density at radius 3 is 2.09 bits per heavy atom. The molecule has 0 aromatic heterocycles. The van der Waals surface area contributed by atoms with Gasteiger partial charge in [0.05, 0.1) is 0 Å². The van der Waals surface area contributed by atoms with Gasteiger partial charge >= 0.3 is 12.1 Å². The van der Waals surface area contributed by atoms with E-state index in [9.17, 15) is 19.5 Å². The Morgan fingerprint density at radius 1 is 0.970 bits per heavy atom. The third-order valence-electron chi connectivity index (χ3n) is 6.55. The molecule has 1 fully saturated rings. The Labute approximate surface area is 192 Å². The number of ether oxygens (including phenoxy) is 1. The topological polar surface area (TPSA) is 125 Å². The number of hydrogen-bond donors (Lipinski definition) is 4. The molecular formula is C25H28N2O6. The molecule has 8 nitrogen and oxygen atoms in total. The van der Waals surface area contributed by atoms with Gasteiger partial charge in [0.1, 0.15) is 18.7 Å². The van der Waals surface area contributed by atoms with E-state index >= 15 is 0 Å². The van der Waals surface area contributed by atoms with Crippen LogP contribution in [0.4, 0.5) is 4.79 Å². The number of alkyl carbamates (subject to hydrolysis) is 1. The number of carbonyl (C=O) groups excluding carboxylic acids is 2. The van der Waals surface area contributed by atoms with Crippen molar-refractivity contribution in [1.29, 1.82) is 0 Å². The van der Waals surface area contributed by atoms with Gasteiger partial charge < -0.3 is 25.6 Å². The van der Waals surface area contributed by atoms with Crippen LogP contribution in [0.5, 0.6) is 0 Å². The first kappa shape index (κ1) is 22.8. The van der Waals surface area contributed by atoms with Crippen molar-refractivity contribution in [2.75, 3.05) is 13.2 Å². The molecule has 174 valence electrons. The zero-order valence-corrected chi connectivity index (χ0v) is 18.2. The smallest absolute Gasteiger partial charge is 0.407 e. The van der Waals surface area contributed by atoms with Gasteiger partial charge in [-0.2, -0.15) is 0 Å². The largest absolute Gasteiger partial charge is 0.480 e. The summed E-state index contributed by atoms with van der Waals surface area (Å²) in [5, 5.41) is 23.4. The van der Waals surface area contributed by atoms with Gasteiger partial charge in [0, 0.05) is 18.9 Å². The zero-order chi connectivity index (χ0) is 23.4. The lowest BCUT2D eigenvalue weighted by Crippen LogP contribution is -2.56. The molecule has 0 radical (unpaired) electrons. The van der Waals surface area contributed by atoms with Crippen LogP contribution in [0.15, 0.2) is 48.5 Å². The van der Waals surface area contributed by atoms with E-state index in [-0.39, 0.29) is 31.5 Å². The summed E-state index contributed by atoms with van der Waals surface area (Å²) in [6.45, 7) is -0.244. The molecule has 0 saturated heterocycles. The number of aliphatic carboxylic acids is 1. The normalized spacial score (nSPS) is 16.6. The molecule has 2 unspecified atom stereocenters. The summed E-state index contributed by atoms with van der Waals surface area (Å²) in [4.78, 5) is 36.8. The number of hydrogen-bond acceptors (Lipinski definition) is 5. The fourth-order valence-corrected chi connectivity index (χ4v) is 4.59. The van der Waals surface area contributed by atoms with Crippen molar-refractivity contribution in [3.05, 3.63) is 59.7 Å². The molecule has 0 heterocycles. The standard InChI is InChI=1S/C25H28N2O6/c28-13-12-21(24(30)31)26-23(29)22(15-6-5-7-15)27-25(32)33-14-20-18-10-3-1-8-16(18)17-9-2-4-11-19(17)20/h1-4,8-11,15,20-22,28H,5-7,12-14H2,(H,26,29)(H,27,32)(H,30,31). The number of carboxylic acids is 1. The summed E-state index contributed by atoms with van der Waals surface area (Å²) >= 11 is 0.